The monoisotopic (exact) mass is 640 g/mol. The topological polar surface area (TPSA) is 106 Å². The van der Waals surface area contributed by atoms with Crippen LogP contribution < -0.4 is 9.64 Å². The molecule has 2 aromatic carbocycles. The molecule has 1 N–H and O–H groups in total. The third-order valence-electron chi connectivity index (χ3n) is 6.65. The summed E-state index contributed by atoms with van der Waals surface area (Å²) in [7, 11) is 0. The van der Waals surface area contributed by atoms with Crippen molar-refractivity contribution < 1.29 is 19.4 Å². The number of thiazole rings is 1. The van der Waals surface area contributed by atoms with Crippen molar-refractivity contribution >= 4 is 62.9 Å². The Labute approximate surface area is 261 Å². The van der Waals surface area contributed by atoms with Crippen LogP contribution in [0.5, 0.6) is 5.75 Å². The number of carbonyl (C=O) groups excluding carboxylic acids is 2. The summed E-state index contributed by atoms with van der Waals surface area (Å²) in [6.45, 7) is 6.31. The number of rotatable bonds is 12. The number of amides is 1. The number of ether oxygens (including phenoxy) is 1. The van der Waals surface area contributed by atoms with Gasteiger partial charge in [-0.25, -0.2) is 4.98 Å². The minimum absolute atomic E-state index is 0.00562. The highest BCUT2D eigenvalue weighted by atomic mass is 35.5. The molecule has 1 aliphatic heterocycles. The maximum absolute atomic E-state index is 13.9. The number of unbranched alkanes of at least 4 members (excludes halogenated alkanes) is 2. The van der Waals surface area contributed by atoms with Gasteiger partial charge < -0.3 is 9.84 Å². The minimum atomic E-state index is -0.900. The van der Waals surface area contributed by atoms with Gasteiger partial charge in [-0.05, 0) is 55.7 Å². The molecule has 5 rings (SSSR count). The number of halogens is 1. The maximum Gasteiger partial charge on any atom is 0.296 e. The zero-order valence-corrected chi connectivity index (χ0v) is 26.5. The maximum atomic E-state index is 13.9. The van der Waals surface area contributed by atoms with E-state index >= 15 is 0 Å². The van der Waals surface area contributed by atoms with E-state index < -0.39 is 23.5 Å². The highest BCUT2D eigenvalue weighted by Gasteiger charge is 2.46. The normalized spacial score (nSPS) is 15.1. The van der Waals surface area contributed by atoms with Crippen molar-refractivity contribution in [2.45, 2.75) is 56.2 Å². The first-order chi connectivity index (χ1) is 20.3. The Morgan fingerprint density at radius 1 is 1.07 bits per heavy atom. The minimum Gasteiger partial charge on any atom is -0.503 e. The van der Waals surface area contributed by atoms with Crippen LogP contribution in [0.25, 0.3) is 0 Å². The van der Waals surface area contributed by atoms with E-state index in [4.69, 9.17) is 16.3 Å². The lowest BCUT2D eigenvalue weighted by Crippen LogP contribution is -2.31. The van der Waals surface area contributed by atoms with Gasteiger partial charge in [0.2, 0.25) is 10.9 Å². The molecule has 2 aromatic heterocycles. The third-order valence-corrected chi connectivity index (χ3v) is 10.1. The van der Waals surface area contributed by atoms with Crippen molar-refractivity contribution in [2.75, 3.05) is 11.5 Å². The predicted molar refractivity (Wildman–Crippen MR) is 168 cm³/mol. The van der Waals surface area contributed by atoms with Crippen LogP contribution in [0.1, 0.15) is 63.7 Å². The number of ketones is 1. The van der Waals surface area contributed by atoms with Gasteiger partial charge in [-0.3, -0.25) is 14.5 Å². The fourth-order valence-corrected chi connectivity index (χ4v) is 7.41. The number of aliphatic hydroxyl groups is 1. The summed E-state index contributed by atoms with van der Waals surface area (Å²) in [6.07, 6.45) is 3.15. The molecular formula is C30H29ClN4O4S3. The molecule has 1 unspecified atom stereocenters. The zero-order valence-electron chi connectivity index (χ0n) is 23.3. The van der Waals surface area contributed by atoms with Gasteiger partial charge >= 0.3 is 0 Å². The Hall–Kier alpha value is -3.25. The first-order valence-corrected chi connectivity index (χ1v) is 16.5. The molecule has 0 saturated carbocycles. The Bertz CT molecular complexity index is 1620. The van der Waals surface area contributed by atoms with E-state index in [1.165, 1.54) is 39.3 Å². The summed E-state index contributed by atoms with van der Waals surface area (Å²) in [4.78, 5) is 33.5. The van der Waals surface area contributed by atoms with E-state index in [0.717, 1.165) is 29.8 Å². The fraction of sp³-hybridized carbons (Fsp3) is 0.300. The number of anilines is 1. The van der Waals surface area contributed by atoms with Gasteiger partial charge in [0.15, 0.2) is 10.1 Å². The van der Waals surface area contributed by atoms with Gasteiger partial charge in [0.05, 0.1) is 33.8 Å². The average molecular weight is 641 g/mol. The molecule has 3 heterocycles. The van der Waals surface area contributed by atoms with Crippen molar-refractivity contribution in [3.8, 4) is 5.75 Å². The Balaban J connectivity index is 1.46. The largest absolute Gasteiger partial charge is 0.503 e. The van der Waals surface area contributed by atoms with Crippen molar-refractivity contribution in [1.29, 1.82) is 0 Å². The number of aryl methyl sites for hydroxylation is 2. The van der Waals surface area contributed by atoms with E-state index in [1.807, 2.05) is 55.5 Å². The van der Waals surface area contributed by atoms with E-state index in [2.05, 4.69) is 22.1 Å². The van der Waals surface area contributed by atoms with E-state index in [-0.39, 0.29) is 10.7 Å². The SMILES string of the molecule is CCCCCOc1ccc(C2C(C(=O)c3sc(C)nc3C)=C(O)C(=O)N2c2nnc(SCc3ccc(Cl)cc3)s2)cc1. The molecule has 12 heteroatoms. The average Bonchev–Trinajstić information content (AvgIpc) is 3.66. The number of hydrogen-bond acceptors (Lipinski definition) is 10. The van der Waals surface area contributed by atoms with Crippen molar-refractivity contribution in [3.05, 3.63) is 91.6 Å². The molecule has 1 atom stereocenters. The van der Waals surface area contributed by atoms with Gasteiger partial charge in [-0.1, -0.05) is 78.7 Å². The molecule has 0 saturated heterocycles. The lowest BCUT2D eigenvalue weighted by atomic mass is 9.95. The fourth-order valence-electron chi connectivity index (χ4n) is 4.59. The summed E-state index contributed by atoms with van der Waals surface area (Å²) < 4.78 is 6.52. The summed E-state index contributed by atoms with van der Waals surface area (Å²) in [5.41, 5.74) is 2.26. The second-order valence-corrected chi connectivity index (χ2v) is 13.5. The molecule has 0 aliphatic carbocycles. The lowest BCUT2D eigenvalue weighted by Gasteiger charge is -2.24. The number of aromatic nitrogens is 3. The number of carbonyl (C=O) groups is 2. The van der Waals surface area contributed by atoms with Crippen LogP contribution in [0.4, 0.5) is 5.13 Å². The highest BCUT2D eigenvalue weighted by Crippen LogP contribution is 2.44. The molecule has 0 bridgehead atoms. The smallest absolute Gasteiger partial charge is 0.296 e. The summed E-state index contributed by atoms with van der Waals surface area (Å²) in [5, 5.41) is 21.4. The zero-order chi connectivity index (χ0) is 29.8. The lowest BCUT2D eigenvalue weighted by molar-refractivity contribution is -0.117. The van der Waals surface area contributed by atoms with E-state index in [1.54, 1.807) is 6.92 Å². The van der Waals surface area contributed by atoms with Crippen molar-refractivity contribution in [1.82, 2.24) is 15.2 Å². The second-order valence-electron chi connectivity index (χ2n) is 9.71. The Kier molecular flexibility index (Phi) is 9.62. The van der Waals surface area contributed by atoms with E-state index in [9.17, 15) is 14.7 Å². The molecule has 1 aliphatic rings. The standard InChI is InChI=1S/C30H29ClN4O4S3/c1-4-5-6-15-39-22-13-9-20(10-14-22)24-23(25(36)27-17(2)32-18(3)41-27)26(37)28(38)35(24)29-33-34-30(42-29)40-16-19-7-11-21(31)12-8-19/h7-14,24,37H,4-6,15-16H2,1-3H3. The number of nitrogens with zero attached hydrogens (tertiary/aromatic N) is 4. The first kappa shape index (κ1) is 30.2. The molecule has 8 nitrogen and oxygen atoms in total. The molecule has 1 amide bonds. The van der Waals surface area contributed by atoms with Crippen LogP contribution >= 0.6 is 46.0 Å². The van der Waals surface area contributed by atoms with Crippen LogP contribution in [0.15, 0.2) is 64.2 Å². The molecule has 42 heavy (non-hydrogen) atoms. The molecule has 4 aromatic rings. The number of Topliss-reactive ketones (excluding diaryl/α,β-unsaturated/α-hetero) is 1. The van der Waals surface area contributed by atoms with Gasteiger partial charge in [0.1, 0.15) is 5.75 Å². The first-order valence-electron chi connectivity index (χ1n) is 13.5. The number of thioether (sulfide) groups is 1. The molecule has 0 fully saturated rings. The highest BCUT2D eigenvalue weighted by molar-refractivity contribution is 8.00. The van der Waals surface area contributed by atoms with Crippen molar-refractivity contribution in [3.63, 3.8) is 0 Å². The number of aliphatic hydroxyl groups excluding tert-OH is 1. The van der Waals surface area contributed by atoms with Crippen molar-refractivity contribution in [2.24, 2.45) is 0 Å². The summed E-state index contributed by atoms with van der Waals surface area (Å²) in [6, 6.07) is 13.9. The van der Waals surface area contributed by atoms with Gasteiger partial charge in [-0.15, -0.1) is 21.5 Å². The van der Waals surface area contributed by atoms with Crippen LogP contribution in [-0.2, 0) is 10.5 Å². The Morgan fingerprint density at radius 3 is 2.48 bits per heavy atom. The third kappa shape index (κ3) is 6.54. The van der Waals surface area contributed by atoms with Crippen LogP contribution in [-0.4, -0.2) is 38.6 Å². The van der Waals surface area contributed by atoms with Gasteiger partial charge in [-0.2, -0.15) is 0 Å². The quantitative estimate of drug-likeness (QED) is 0.0721. The molecular weight excluding hydrogens is 612 g/mol. The van der Waals surface area contributed by atoms with Crippen LogP contribution in [0, 0.1) is 13.8 Å². The second kappa shape index (κ2) is 13.4. The molecule has 218 valence electrons. The number of benzene rings is 2. The van der Waals surface area contributed by atoms with Crippen LogP contribution in [0.2, 0.25) is 5.02 Å². The molecule has 0 radical (unpaired) electrons. The predicted octanol–water partition coefficient (Wildman–Crippen LogP) is 7.91. The summed E-state index contributed by atoms with van der Waals surface area (Å²) in [5.74, 6) is -0.399. The van der Waals surface area contributed by atoms with E-state index in [0.29, 0.717) is 43.6 Å². The summed E-state index contributed by atoms with van der Waals surface area (Å²) >= 11 is 9.94. The van der Waals surface area contributed by atoms with Gasteiger partial charge in [0, 0.05) is 10.8 Å². The van der Waals surface area contributed by atoms with Gasteiger partial charge in [0.25, 0.3) is 5.91 Å². The Morgan fingerprint density at radius 2 is 1.81 bits per heavy atom. The number of hydrogen-bond donors (Lipinski definition) is 1. The van der Waals surface area contributed by atoms with Crippen LogP contribution in [0.3, 0.4) is 0 Å². The molecule has 0 spiro atoms.